The second-order valence-electron chi connectivity index (χ2n) is 8.60. The van der Waals surface area contributed by atoms with Gasteiger partial charge in [0.1, 0.15) is 12.4 Å². The van der Waals surface area contributed by atoms with Gasteiger partial charge in [0.15, 0.2) is 9.84 Å². The Morgan fingerprint density at radius 3 is 2.41 bits per heavy atom. The SMILES string of the molecule is CCCCOC(=O)c1ccc(NC(=O)Cn2cc(S(=O)(=O)Cc3ccccc3F)c3ccccc32)cc1. The molecule has 37 heavy (non-hydrogen) atoms. The third-order valence-corrected chi connectivity index (χ3v) is 7.53. The van der Waals surface area contributed by atoms with Crippen LogP contribution in [0.3, 0.4) is 0 Å². The summed E-state index contributed by atoms with van der Waals surface area (Å²) >= 11 is 0. The summed E-state index contributed by atoms with van der Waals surface area (Å²) in [4.78, 5) is 24.9. The average Bonchev–Trinajstić information content (AvgIpc) is 3.25. The van der Waals surface area contributed by atoms with E-state index in [-0.39, 0.29) is 22.9 Å². The number of rotatable bonds is 10. The molecule has 9 heteroatoms. The Morgan fingerprint density at radius 2 is 1.68 bits per heavy atom. The number of hydrogen-bond acceptors (Lipinski definition) is 5. The lowest BCUT2D eigenvalue weighted by Gasteiger charge is -2.08. The maximum absolute atomic E-state index is 14.1. The molecule has 1 amide bonds. The first-order valence-electron chi connectivity index (χ1n) is 11.9. The van der Waals surface area contributed by atoms with Crippen molar-refractivity contribution < 1.29 is 27.1 Å². The van der Waals surface area contributed by atoms with Crippen LogP contribution < -0.4 is 5.32 Å². The number of nitrogens with zero attached hydrogens (tertiary/aromatic N) is 1. The van der Waals surface area contributed by atoms with Crippen molar-refractivity contribution in [1.29, 1.82) is 0 Å². The average molecular weight is 523 g/mol. The molecule has 0 aliphatic rings. The van der Waals surface area contributed by atoms with Crippen LogP contribution in [0.15, 0.2) is 83.9 Å². The minimum Gasteiger partial charge on any atom is -0.462 e. The normalized spacial score (nSPS) is 11.4. The van der Waals surface area contributed by atoms with Gasteiger partial charge in [-0.05, 0) is 42.8 Å². The van der Waals surface area contributed by atoms with E-state index in [0.29, 0.717) is 28.8 Å². The summed E-state index contributed by atoms with van der Waals surface area (Å²) < 4.78 is 47.3. The topological polar surface area (TPSA) is 94.5 Å². The lowest BCUT2D eigenvalue weighted by atomic mass is 10.2. The highest BCUT2D eigenvalue weighted by atomic mass is 32.2. The van der Waals surface area contributed by atoms with Crippen LogP contribution in [0, 0.1) is 5.82 Å². The summed E-state index contributed by atoms with van der Waals surface area (Å²) in [5.74, 6) is -1.88. The maximum atomic E-state index is 14.1. The number of benzene rings is 3. The van der Waals surface area contributed by atoms with Crippen molar-refractivity contribution in [2.45, 2.75) is 37.0 Å². The molecule has 192 valence electrons. The number of esters is 1. The Hall–Kier alpha value is -3.98. The summed E-state index contributed by atoms with van der Waals surface area (Å²) in [5, 5.41) is 3.21. The summed E-state index contributed by atoms with van der Waals surface area (Å²) in [5.41, 5.74) is 1.51. The second kappa shape index (κ2) is 11.4. The third kappa shape index (κ3) is 6.24. The van der Waals surface area contributed by atoms with Crippen LogP contribution in [0.25, 0.3) is 10.9 Å². The van der Waals surface area contributed by atoms with Crippen molar-refractivity contribution in [1.82, 2.24) is 4.57 Å². The molecule has 0 aliphatic carbocycles. The molecule has 0 spiro atoms. The molecular weight excluding hydrogens is 495 g/mol. The van der Waals surface area contributed by atoms with Gasteiger partial charge in [0.2, 0.25) is 5.91 Å². The van der Waals surface area contributed by atoms with Gasteiger partial charge in [-0.15, -0.1) is 0 Å². The van der Waals surface area contributed by atoms with Crippen LogP contribution in [0.5, 0.6) is 0 Å². The zero-order valence-corrected chi connectivity index (χ0v) is 21.1. The number of unbranched alkanes of at least 4 members (excludes halogenated alkanes) is 1. The van der Waals surface area contributed by atoms with Crippen LogP contribution in [0.4, 0.5) is 10.1 Å². The number of para-hydroxylation sites is 1. The van der Waals surface area contributed by atoms with Crippen LogP contribution >= 0.6 is 0 Å². The van der Waals surface area contributed by atoms with E-state index in [0.717, 1.165) is 12.8 Å². The molecule has 0 saturated carbocycles. The fourth-order valence-electron chi connectivity index (χ4n) is 3.93. The fraction of sp³-hybridized carbons (Fsp3) is 0.214. The van der Waals surface area contributed by atoms with Crippen LogP contribution in [-0.4, -0.2) is 31.5 Å². The monoisotopic (exact) mass is 522 g/mol. The molecule has 0 unspecified atom stereocenters. The molecule has 1 heterocycles. The zero-order valence-electron chi connectivity index (χ0n) is 20.3. The van der Waals surface area contributed by atoms with E-state index in [1.807, 2.05) is 6.92 Å². The Kier molecular flexibility index (Phi) is 8.03. The van der Waals surface area contributed by atoms with Crippen molar-refractivity contribution in [3.63, 3.8) is 0 Å². The molecule has 0 bridgehead atoms. The van der Waals surface area contributed by atoms with Crippen molar-refractivity contribution in [2.24, 2.45) is 0 Å². The van der Waals surface area contributed by atoms with Gasteiger partial charge in [0.25, 0.3) is 0 Å². The summed E-state index contributed by atoms with van der Waals surface area (Å²) in [7, 11) is -3.89. The second-order valence-corrected chi connectivity index (χ2v) is 10.6. The molecule has 1 aromatic heterocycles. The molecule has 3 aromatic carbocycles. The molecule has 0 radical (unpaired) electrons. The molecule has 7 nitrogen and oxygen atoms in total. The summed E-state index contributed by atoms with van der Waals surface area (Å²) in [6.45, 7) is 2.22. The Bertz CT molecular complexity index is 1530. The van der Waals surface area contributed by atoms with E-state index >= 15 is 0 Å². The Morgan fingerprint density at radius 1 is 0.973 bits per heavy atom. The first kappa shape index (κ1) is 26.1. The number of carbonyl (C=O) groups is 2. The number of nitrogens with one attached hydrogen (secondary N) is 1. The van der Waals surface area contributed by atoms with E-state index < -0.39 is 27.4 Å². The largest absolute Gasteiger partial charge is 0.462 e. The van der Waals surface area contributed by atoms with Crippen molar-refractivity contribution in [3.05, 3.63) is 95.9 Å². The standard InChI is InChI=1S/C28H27FN2O5S/c1-2-3-16-36-28(33)20-12-14-22(15-13-20)30-27(32)18-31-17-26(23-9-5-7-11-25(23)31)37(34,35)19-21-8-4-6-10-24(21)29/h4-15,17H,2-3,16,18-19H2,1H3,(H,30,32). The number of hydrogen-bond donors (Lipinski definition) is 1. The molecule has 4 aromatic rings. The zero-order chi connectivity index (χ0) is 26.4. The highest BCUT2D eigenvalue weighted by Crippen LogP contribution is 2.28. The number of halogens is 1. The van der Waals surface area contributed by atoms with E-state index in [1.165, 1.54) is 24.4 Å². The van der Waals surface area contributed by atoms with E-state index in [9.17, 15) is 22.4 Å². The van der Waals surface area contributed by atoms with Gasteiger partial charge in [0.05, 0.1) is 22.8 Å². The summed E-state index contributed by atoms with van der Waals surface area (Å²) in [6, 6.07) is 19.0. The lowest BCUT2D eigenvalue weighted by Crippen LogP contribution is -2.18. The number of carbonyl (C=O) groups excluding carboxylic acids is 2. The molecule has 1 N–H and O–H groups in total. The van der Waals surface area contributed by atoms with E-state index in [2.05, 4.69) is 5.32 Å². The predicted octanol–water partition coefficient (Wildman–Crippen LogP) is 5.35. The molecular formula is C28H27FN2O5S. The van der Waals surface area contributed by atoms with E-state index in [4.69, 9.17) is 4.74 Å². The molecule has 0 atom stereocenters. The van der Waals surface area contributed by atoms with Crippen LogP contribution in [-0.2, 0) is 31.7 Å². The Balaban J connectivity index is 1.50. The van der Waals surface area contributed by atoms with Gasteiger partial charge in [0, 0.05) is 28.4 Å². The van der Waals surface area contributed by atoms with Crippen molar-refractivity contribution in [3.8, 4) is 0 Å². The molecule has 0 saturated heterocycles. The quantitative estimate of drug-likeness (QED) is 0.224. The first-order valence-corrected chi connectivity index (χ1v) is 13.5. The van der Waals surface area contributed by atoms with Gasteiger partial charge in [-0.25, -0.2) is 17.6 Å². The predicted molar refractivity (Wildman–Crippen MR) is 139 cm³/mol. The number of sulfone groups is 1. The van der Waals surface area contributed by atoms with Gasteiger partial charge in [-0.2, -0.15) is 0 Å². The molecule has 4 rings (SSSR count). The Labute approximate surface area is 214 Å². The third-order valence-electron chi connectivity index (χ3n) is 5.84. The molecule has 0 fully saturated rings. The van der Waals surface area contributed by atoms with Gasteiger partial charge >= 0.3 is 5.97 Å². The number of fused-ring (bicyclic) bond motifs is 1. The number of ether oxygens (including phenoxy) is 1. The number of anilines is 1. The fourth-order valence-corrected chi connectivity index (χ4v) is 5.52. The van der Waals surface area contributed by atoms with Gasteiger partial charge in [-0.3, -0.25) is 4.79 Å². The van der Waals surface area contributed by atoms with E-state index in [1.54, 1.807) is 59.2 Å². The minimum absolute atomic E-state index is 0.0325. The number of aromatic nitrogens is 1. The minimum atomic E-state index is -3.89. The molecule has 0 aliphatic heterocycles. The maximum Gasteiger partial charge on any atom is 0.338 e. The number of amides is 1. The smallest absolute Gasteiger partial charge is 0.338 e. The van der Waals surface area contributed by atoms with Gasteiger partial charge < -0.3 is 14.6 Å². The highest BCUT2D eigenvalue weighted by molar-refractivity contribution is 7.90. The van der Waals surface area contributed by atoms with Crippen molar-refractivity contribution >= 4 is 38.3 Å². The van der Waals surface area contributed by atoms with Crippen molar-refractivity contribution in [2.75, 3.05) is 11.9 Å². The van der Waals surface area contributed by atoms with Crippen LogP contribution in [0.2, 0.25) is 0 Å². The first-order chi connectivity index (χ1) is 17.8. The summed E-state index contributed by atoms with van der Waals surface area (Å²) in [6.07, 6.45) is 3.13. The highest BCUT2D eigenvalue weighted by Gasteiger charge is 2.23. The van der Waals surface area contributed by atoms with Crippen LogP contribution in [0.1, 0.15) is 35.7 Å². The van der Waals surface area contributed by atoms with Gasteiger partial charge in [-0.1, -0.05) is 49.7 Å². The lowest BCUT2D eigenvalue weighted by molar-refractivity contribution is -0.116.